The summed E-state index contributed by atoms with van der Waals surface area (Å²) < 4.78 is 0. The van der Waals surface area contributed by atoms with Gasteiger partial charge in [0, 0.05) is 13.1 Å². The van der Waals surface area contributed by atoms with Crippen molar-refractivity contribution in [2.24, 2.45) is 5.92 Å². The van der Waals surface area contributed by atoms with Gasteiger partial charge < -0.3 is 4.90 Å². The number of hydrogen-bond acceptors (Lipinski definition) is 2. The molecular formula is C14H28N2O. The maximum Gasteiger partial charge on any atom is 0.236 e. The molecule has 3 heteroatoms. The number of amides is 1. The third-order valence-corrected chi connectivity index (χ3v) is 3.57. The molecule has 0 atom stereocenters. The first-order valence-corrected chi connectivity index (χ1v) is 7.17. The van der Waals surface area contributed by atoms with E-state index in [9.17, 15) is 4.79 Å². The summed E-state index contributed by atoms with van der Waals surface area (Å²) in [7, 11) is 0. The van der Waals surface area contributed by atoms with Gasteiger partial charge in [0.2, 0.25) is 5.91 Å². The first kappa shape index (κ1) is 14.5. The van der Waals surface area contributed by atoms with Crippen molar-refractivity contribution in [3.05, 3.63) is 0 Å². The average molecular weight is 240 g/mol. The van der Waals surface area contributed by atoms with Crippen LogP contribution in [0.15, 0.2) is 0 Å². The first-order chi connectivity index (χ1) is 8.17. The summed E-state index contributed by atoms with van der Waals surface area (Å²) in [5.41, 5.74) is 0. The van der Waals surface area contributed by atoms with Gasteiger partial charge in [0.1, 0.15) is 0 Å². The van der Waals surface area contributed by atoms with Crippen molar-refractivity contribution in [1.29, 1.82) is 0 Å². The number of carbonyl (C=O) groups is 1. The number of carbonyl (C=O) groups excluding carboxylic acids is 1. The smallest absolute Gasteiger partial charge is 0.236 e. The summed E-state index contributed by atoms with van der Waals surface area (Å²) in [6.07, 6.45) is 4.61. The monoisotopic (exact) mass is 240 g/mol. The Balaban J connectivity index is 2.35. The van der Waals surface area contributed by atoms with Crippen molar-refractivity contribution in [2.75, 3.05) is 32.7 Å². The third kappa shape index (κ3) is 5.07. The van der Waals surface area contributed by atoms with Gasteiger partial charge in [-0.25, -0.2) is 0 Å². The molecule has 1 aliphatic rings. The Hall–Kier alpha value is -0.570. The molecule has 0 spiro atoms. The van der Waals surface area contributed by atoms with Gasteiger partial charge in [-0.15, -0.1) is 0 Å². The molecule has 0 aliphatic carbocycles. The second-order valence-corrected chi connectivity index (χ2v) is 5.34. The highest BCUT2D eigenvalue weighted by Crippen LogP contribution is 2.16. The van der Waals surface area contributed by atoms with E-state index in [1.54, 1.807) is 0 Å². The highest BCUT2D eigenvalue weighted by molar-refractivity contribution is 5.78. The lowest BCUT2D eigenvalue weighted by molar-refractivity contribution is -0.133. The molecule has 1 saturated heterocycles. The third-order valence-electron chi connectivity index (χ3n) is 3.57. The van der Waals surface area contributed by atoms with E-state index in [1.807, 2.05) is 0 Å². The standard InChI is InChI=1S/C14H28N2O/c1-4-8-15(9-5-2)12-14(17)16-10-6-13(3)7-11-16/h13H,4-12H2,1-3H3. The Labute approximate surface area is 106 Å². The Morgan fingerprint density at radius 3 is 2.18 bits per heavy atom. The minimum Gasteiger partial charge on any atom is -0.342 e. The maximum absolute atomic E-state index is 12.1. The SMILES string of the molecule is CCCN(CCC)CC(=O)N1CCC(C)CC1. The molecule has 1 fully saturated rings. The van der Waals surface area contributed by atoms with Crippen molar-refractivity contribution in [1.82, 2.24) is 9.80 Å². The fraction of sp³-hybridized carbons (Fsp3) is 0.929. The molecule has 0 unspecified atom stereocenters. The molecule has 0 aromatic heterocycles. The lowest BCUT2D eigenvalue weighted by Gasteiger charge is -2.32. The van der Waals surface area contributed by atoms with Crippen LogP contribution in [0, 0.1) is 5.92 Å². The predicted molar refractivity (Wildman–Crippen MR) is 72.0 cm³/mol. The van der Waals surface area contributed by atoms with Crippen LogP contribution in [0.3, 0.4) is 0 Å². The molecule has 17 heavy (non-hydrogen) atoms. The number of nitrogens with zero attached hydrogens (tertiary/aromatic N) is 2. The van der Waals surface area contributed by atoms with Gasteiger partial charge in [0.25, 0.3) is 0 Å². The van der Waals surface area contributed by atoms with Crippen LogP contribution in [0.5, 0.6) is 0 Å². The van der Waals surface area contributed by atoms with Gasteiger partial charge in [0.05, 0.1) is 6.54 Å². The molecule has 0 aromatic rings. The van der Waals surface area contributed by atoms with Gasteiger partial charge in [0.15, 0.2) is 0 Å². The lowest BCUT2D eigenvalue weighted by Crippen LogP contribution is -2.44. The molecular weight excluding hydrogens is 212 g/mol. The fourth-order valence-corrected chi connectivity index (χ4v) is 2.45. The summed E-state index contributed by atoms with van der Waals surface area (Å²) in [6.45, 7) is 11.3. The number of piperidine rings is 1. The van der Waals surface area contributed by atoms with Crippen molar-refractivity contribution in [3.8, 4) is 0 Å². The van der Waals surface area contributed by atoms with Crippen molar-refractivity contribution in [2.45, 2.75) is 46.5 Å². The van der Waals surface area contributed by atoms with E-state index in [0.29, 0.717) is 12.5 Å². The molecule has 0 aromatic carbocycles. The van der Waals surface area contributed by atoms with E-state index >= 15 is 0 Å². The predicted octanol–water partition coefficient (Wildman–Crippen LogP) is 2.37. The van der Waals surface area contributed by atoms with Crippen LogP contribution in [0.4, 0.5) is 0 Å². The summed E-state index contributed by atoms with van der Waals surface area (Å²) >= 11 is 0. The molecule has 1 aliphatic heterocycles. The molecule has 1 rings (SSSR count). The second kappa shape index (κ2) is 7.70. The lowest BCUT2D eigenvalue weighted by atomic mass is 9.99. The second-order valence-electron chi connectivity index (χ2n) is 5.34. The molecule has 0 N–H and O–H groups in total. The van der Waals surface area contributed by atoms with E-state index in [0.717, 1.165) is 44.9 Å². The molecule has 1 amide bonds. The largest absolute Gasteiger partial charge is 0.342 e. The Bertz CT molecular complexity index is 216. The number of likely N-dealkylation sites (tertiary alicyclic amines) is 1. The normalized spacial score (nSPS) is 17.8. The summed E-state index contributed by atoms with van der Waals surface area (Å²) in [5.74, 6) is 1.13. The van der Waals surface area contributed by atoms with Crippen LogP contribution in [0.2, 0.25) is 0 Å². The minimum absolute atomic E-state index is 0.332. The van der Waals surface area contributed by atoms with Gasteiger partial charge in [-0.3, -0.25) is 9.69 Å². The van der Waals surface area contributed by atoms with Gasteiger partial charge in [-0.2, -0.15) is 0 Å². The van der Waals surface area contributed by atoms with E-state index in [4.69, 9.17) is 0 Å². The van der Waals surface area contributed by atoms with E-state index in [-0.39, 0.29) is 0 Å². The summed E-state index contributed by atoms with van der Waals surface area (Å²) in [4.78, 5) is 16.5. The molecule has 0 bridgehead atoms. The van der Waals surface area contributed by atoms with E-state index < -0.39 is 0 Å². The zero-order valence-corrected chi connectivity index (χ0v) is 11.7. The van der Waals surface area contributed by atoms with Gasteiger partial charge >= 0.3 is 0 Å². The van der Waals surface area contributed by atoms with E-state index in [2.05, 4.69) is 30.6 Å². The van der Waals surface area contributed by atoms with Crippen LogP contribution < -0.4 is 0 Å². The summed E-state index contributed by atoms with van der Waals surface area (Å²) in [5, 5.41) is 0. The number of hydrogen-bond donors (Lipinski definition) is 0. The van der Waals surface area contributed by atoms with Crippen molar-refractivity contribution >= 4 is 5.91 Å². The van der Waals surface area contributed by atoms with Gasteiger partial charge in [-0.05, 0) is 44.7 Å². The van der Waals surface area contributed by atoms with Crippen LogP contribution in [0.1, 0.15) is 46.5 Å². The zero-order valence-electron chi connectivity index (χ0n) is 11.7. The topological polar surface area (TPSA) is 23.6 Å². The Kier molecular flexibility index (Phi) is 6.56. The molecule has 0 radical (unpaired) electrons. The quantitative estimate of drug-likeness (QED) is 0.711. The molecule has 1 heterocycles. The van der Waals surface area contributed by atoms with Crippen LogP contribution in [-0.4, -0.2) is 48.4 Å². The molecule has 3 nitrogen and oxygen atoms in total. The van der Waals surface area contributed by atoms with Crippen molar-refractivity contribution < 1.29 is 4.79 Å². The van der Waals surface area contributed by atoms with Crippen LogP contribution in [0.25, 0.3) is 0 Å². The molecule has 0 saturated carbocycles. The minimum atomic E-state index is 0.332. The van der Waals surface area contributed by atoms with Crippen molar-refractivity contribution in [3.63, 3.8) is 0 Å². The highest BCUT2D eigenvalue weighted by Gasteiger charge is 2.21. The van der Waals surface area contributed by atoms with E-state index in [1.165, 1.54) is 12.8 Å². The summed E-state index contributed by atoms with van der Waals surface area (Å²) in [6, 6.07) is 0. The maximum atomic E-state index is 12.1. The first-order valence-electron chi connectivity index (χ1n) is 7.17. The van der Waals surface area contributed by atoms with Gasteiger partial charge in [-0.1, -0.05) is 20.8 Å². The zero-order chi connectivity index (χ0) is 12.7. The van der Waals surface area contributed by atoms with Crippen LogP contribution >= 0.6 is 0 Å². The molecule has 100 valence electrons. The average Bonchev–Trinajstić information content (AvgIpc) is 2.30. The Morgan fingerprint density at radius 1 is 1.18 bits per heavy atom. The fourth-order valence-electron chi connectivity index (χ4n) is 2.45. The van der Waals surface area contributed by atoms with Crippen LogP contribution in [-0.2, 0) is 4.79 Å². The number of rotatable bonds is 6. The highest BCUT2D eigenvalue weighted by atomic mass is 16.2. The Morgan fingerprint density at radius 2 is 1.71 bits per heavy atom.